The molecular formula is C31H44ClFN4O4S. The normalized spacial score (nSPS) is 14.5. The van der Waals surface area contributed by atoms with E-state index in [4.69, 9.17) is 11.6 Å². The summed E-state index contributed by atoms with van der Waals surface area (Å²) in [7, 11) is -3.86. The number of aromatic amines is 1. The van der Waals surface area contributed by atoms with Gasteiger partial charge in [-0.15, -0.1) is 0 Å². The van der Waals surface area contributed by atoms with Gasteiger partial charge in [-0.2, -0.15) is 4.72 Å². The summed E-state index contributed by atoms with van der Waals surface area (Å²) in [6.45, 7) is 20.2. The summed E-state index contributed by atoms with van der Waals surface area (Å²) < 4.78 is 40.8. The summed E-state index contributed by atoms with van der Waals surface area (Å²) in [6, 6.07) is 2.86. The van der Waals surface area contributed by atoms with Crippen LogP contribution in [0.3, 0.4) is 0 Å². The Morgan fingerprint density at radius 1 is 1.26 bits per heavy atom. The molecule has 3 rings (SSSR count). The van der Waals surface area contributed by atoms with Crippen LogP contribution in [0.25, 0.3) is 0 Å². The van der Waals surface area contributed by atoms with Gasteiger partial charge in [0.1, 0.15) is 11.9 Å². The number of halogens is 2. The minimum Gasteiger partial charge on any atom is -0.348 e. The van der Waals surface area contributed by atoms with Gasteiger partial charge in [-0.05, 0) is 70.4 Å². The van der Waals surface area contributed by atoms with E-state index >= 15 is 0 Å². The van der Waals surface area contributed by atoms with Gasteiger partial charge in [0.15, 0.2) is 5.78 Å². The Hall–Kier alpha value is -3.34. The molecule has 1 saturated heterocycles. The molecule has 1 unspecified atom stereocenters. The zero-order valence-electron chi connectivity index (χ0n) is 25.6. The number of hydrogen-bond donors (Lipinski definition) is 2. The predicted octanol–water partition coefficient (Wildman–Crippen LogP) is 7.15. The Morgan fingerprint density at radius 2 is 1.88 bits per heavy atom. The first-order chi connectivity index (χ1) is 19.7. The van der Waals surface area contributed by atoms with E-state index in [1.807, 2.05) is 13.8 Å². The second-order valence-electron chi connectivity index (χ2n) is 8.99. The number of carbonyl (C=O) groups is 2. The van der Waals surface area contributed by atoms with Crippen LogP contribution in [0.4, 0.5) is 10.1 Å². The molecule has 0 spiro atoms. The average Bonchev–Trinajstić information content (AvgIpc) is 3.49. The molecule has 1 aromatic carbocycles. The number of imidazole rings is 1. The standard InChI is InChI=1S/C19H21FN2O4S.C7H12N2.C3H5Cl.C2H6/c1-4-5-13(2)9-11-27(25,26)21-17-8-10-22(19(17)24)18-7-6-15(14(3)23)12-16(18)20;1-3-4-7-6(2)8-5-9-7;1-3(2)4;1-2/h4-7,9,11-12,17,21H,2,8,10H2,1,3H3;5H,3-4H2,1-2H3,(H,8,9);1H2,2H3;1-2H3/b5-4+,11-9+;;;. The summed E-state index contributed by atoms with van der Waals surface area (Å²) >= 11 is 5.08. The van der Waals surface area contributed by atoms with Gasteiger partial charge in [-0.25, -0.2) is 17.8 Å². The topological polar surface area (TPSA) is 112 Å². The molecule has 1 aliphatic heterocycles. The molecule has 2 N–H and O–H groups in total. The van der Waals surface area contributed by atoms with Crippen molar-refractivity contribution < 1.29 is 22.4 Å². The van der Waals surface area contributed by atoms with E-state index in [9.17, 15) is 22.4 Å². The minimum atomic E-state index is -3.86. The number of carbonyl (C=O) groups excluding carboxylic acids is 2. The Bertz CT molecular complexity index is 1360. The molecule has 0 radical (unpaired) electrons. The SMILES string of the molecule is C=C(/C=C/C)/C=C/S(=O)(=O)NC1CCN(c2ccc(C(C)=O)cc2F)C1=O.C=C(C)Cl.CC.CCCc1nc[nH]c1C. The highest BCUT2D eigenvalue weighted by atomic mass is 35.5. The first kappa shape index (κ1) is 38.7. The van der Waals surface area contributed by atoms with E-state index in [1.165, 1.54) is 47.8 Å². The number of benzene rings is 1. The fraction of sp³-hybridized carbons (Fsp3) is 0.387. The molecule has 0 saturated carbocycles. The number of H-pyrrole nitrogens is 1. The number of Topliss-reactive ketones (excluding diaryl/α,β-unsaturated/α-hetero) is 1. The van der Waals surface area contributed by atoms with Crippen LogP contribution in [0.1, 0.15) is 76.1 Å². The van der Waals surface area contributed by atoms with Gasteiger partial charge in [-0.1, -0.05) is 64.1 Å². The second kappa shape index (κ2) is 19.7. The van der Waals surface area contributed by atoms with Gasteiger partial charge in [-0.3, -0.25) is 9.59 Å². The van der Waals surface area contributed by atoms with Crippen molar-refractivity contribution in [1.82, 2.24) is 14.7 Å². The van der Waals surface area contributed by atoms with Gasteiger partial charge in [0.2, 0.25) is 15.9 Å². The summed E-state index contributed by atoms with van der Waals surface area (Å²) in [5.41, 5.74) is 3.12. The average molecular weight is 623 g/mol. The van der Waals surface area contributed by atoms with Crippen LogP contribution in [-0.2, 0) is 21.2 Å². The number of sulfonamides is 1. The lowest BCUT2D eigenvalue weighted by atomic mass is 10.1. The zero-order valence-corrected chi connectivity index (χ0v) is 27.2. The van der Waals surface area contributed by atoms with Crippen LogP contribution in [-0.4, -0.2) is 42.7 Å². The van der Waals surface area contributed by atoms with Crippen molar-refractivity contribution in [1.29, 1.82) is 0 Å². The van der Waals surface area contributed by atoms with Gasteiger partial charge >= 0.3 is 0 Å². The monoisotopic (exact) mass is 622 g/mol. The maximum atomic E-state index is 14.3. The number of anilines is 1. The Kier molecular flexibility index (Phi) is 18.2. The molecule has 2 heterocycles. The Morgan fingerprint density at radius 3 is 2.36 bits per heavy atom. The van der Waals surface area contributed by atoms with Crippen molar-refractivity contribution in [3.8, 4) is 0 Å². The van der Waals surface area contributed by atoms with Crippen molar-refractivity contribution in [2.75, 3.05) is 11.4 Å². The molecule has 11 heteroatoms. The van der Waals surface area contributed by atoms with E-state index in [-0.39, 0.29) is 30.0 Å². The molecule has 1 fully saturated rings. The first-order valence-corrected chi connectivity index (χ1v) is 15.6. The van der Waals surface area contributed by atoms with Gasteiger partial charge in [0, 0.05) is 28.2 Å². The lowest BCUT2D eigenvalue weighted by molar-refractivity contribution is -0.118. The second-order valence-corrected chi connectivity index (χ2v) is 11.2. The molecule has 8 nitrogen and oxygen atoms in total. The number of aromatic nitrogens is 2. The predicted molar refractivity (Wildman–Crippen MR) is 172 cm³/mol. The summed E-state index contributed by atoms with van der Waals surface area (Å²) in [5, 5.41) is 1.58. The summed E-state index contributed by atoms with van der Waals surface area (Å²) in [5.74, 6) is -1.54. The van der Waals surface area contributed by atoms with Crippen LogP contribution in [0.5, 0.6) is 0 Å². The maximum absolute atomic E-state index is 14.3. The molecule has 1 aromatic heterocycles. The lowest BCUT2D eigenvalue weighted by Gasteiger charge is -2.18. The van der Waals surface area contributed by atoms with Crippen molar-refractivity contribution in [3.05, 3.63) is 94.7 Å². The van der Waals surface area contributed by atoms with Gasteiger partial charge in [0.25, 0.3) is 0 Å². The van der Waals surface area contributed by atoms with Crippen LogP contribution in [0, 0.1) is 12.7 Å². The maximum Gasteiger partial charge on any atom is 0.245 e. The molecule has 1 amide bonds. The van der Waals surface area contributed by atoms with E-state index in [0.717, 1.165) is 17.9 Å². The smallest absolute Gasteiger partial charge is 0.245 e. The zero-order chi connectivity index (χ0) is 32.5. The van der Waals surface area contributed by atoms with Crippen molar-refractivity contribution in [2.45, 2.75) is 73.8 Å². The summed E-state index contributed by atoms with van der Waals surface area (Å²) in [6.07, 6.45) is 8.90. The molecule has 1 atom stereocenters. The molecule has 0 bridgehead atoms. The largest absolute Gasteiger partial charge is 0.348 e. The molecule has 2 aromatic rings. The number of allylic oxidation sites excluding steroid dienone is 5. The highest BCUT2D eigenvalue weighted by Crippen LogP contribution is 2.26. The fourth-order valence-electron chi connectivity index (χ4n) is 3.53. The number of ketones is 1. The van der Waals surface area contributed by atoms with Gasteiger partial charge in [0.05, 0.1) is 17.7 Å². The third kappa shape index (κ3) is 14.0. The van der Waals surface area contributed by atoms with Crippen molar-refractivity contribution in [3.63, 3.8) is 0 Å². The summed E-state index contributed by atoms with van der Waals surface area (Å²) in [4.78, 5) is 32.2. The minimum absolute atomic E-state index is 0.0173. The number of hydrogen-bond acceptors (Lipinski definition) is 5. The number of aryl methyl sites for hydroxylation is 2. The van der Waals surface area contributed by atoms with E-state index in [0.29, 0.717) is 10.6 Å². The van der Waals surface area contributed by atoms with Crippen molar-refractivity contribution >= 4 is 39.0 Å². The van der Waals surface area contributed by atoms with Crippen LogP contribution >= 0.6 is 11.6 Å². The molecule has 42 heavy (non-hydrogen) atoms. The first-order valence-electron chi connectivity index (χ1n) is 13.7. The molecule has 1 aliphatic rings. The van der Waals surface area contributed by atoms with E-state index in [1.54, 1.807) is 32.3 Å². The molecule has 0 aliphatic carbocycles. The molecule has 232 valence electrons. The Labute approximate surface area is 255 Å². The van der Waals surface area contributed by atoms with Crippen LogP contribution in [0.15, 0.2) is 71.9 Å². The third-order valence-corrected chi connectivity index (χ3v) is 6.53. The number of rotatable bonds is 9. The van der Waals surface area contributed by atoms with E-state index in [2.05, 4.69) is 41.7 Å². The number of nitrogens with one attached hydrogen (secondary N) is 2. The van der Waals surface area contributed by atoms with Crippen LogP contribution in [0.2, 0.25) is 0 Å². The van der Waals surface area contributed by atoms with E-state index < -0.39 is 27.8 Å². The van der Waals surface area contributed by atoms with Crippen molar-refractivity contribution in [2.24, 2.45) is 0 Å². The highest BCUT2D eigenvalue weighted by Gasteiger charge is 2.35. The Balaban J connectivity index is 0.000000920. The molecular weight excluding hydrogens is 579 g/mol. The van der Waals surface area contributed by atoms with Gasteiger partial charge < -0.3 is 9.88 Å². The fourth-order valence-corrected chi connectivity index (χ4v) is 4.58. The highest BCUT2D eigenvalue weighted by molar-refractivity contribution is 7.92. The number of amides is 1. The third-order valence-electron chi connectivity index (χ3n) is 5.42. The number of nitrogens with zero attached hydrogens (tertiary/aromatic N) is 2. The lowest BCUT2D eigenvalue weighted by Crippen LogP contribution is -2.40. The van der Waals surface area contributed by atoms with Crippen LogP contribution < -0.4 is 9.62 Å². The quantitative estimate of drug-likeness (QED) is 0.228.